The van der Waals surface area contributed by atoms with E-state index >= 15 is 0 Å². The number of aliphatic hydroxyl groups is 4. The number of hydrogen-bond acceptors (Lipinski definition) is 21. The lowest BCUT2D eigenvalue weighted by molar-refractivity contribution is -0.346. The summed E-state index contributed by atoms with van der Waals surface area (Å²) in [4.78, 5) is 51.7. The molecular weight excluding hydrogens is 949 g/mol. The molecule has 4 aromatic heterocycles. The minimum Gasteiger partial charge on any atom is -0.507 e. The third kappa shape index (κ3) is 6.73. The fraction of sp³-hybridized carbons (Fsp3) is 0.294. The number of rotatable bonds is 6. The first-order valence-corrected chi connectivity index (χ1v) is 22.4. The van der Waals surface area contributed by atoms with Gasteiger partial charge in [-0.15, -0.1) is 0 Å². The molecule has 21 heteroatoms. The first kappa shape index (κ1) is 46.6. The van der Waals surface area contributed by atoms with Crippen LogP contribution in [0.5, 0.6) is 34.5 Å². The van der Waals surface area contributed by atoms with Crippen molar-refractivity contribution in [2.45, 2.75) is 76.1 Å². The molecule has 2 aliphatic rings. The Morgan fingerprint density at radius 1 is 0.458 bits per heavy atom. The second kappa shape index (κ2) is 16.9. The Bertz CT molecular complexity index is 4060. The molecule has 10 aromatic rings. The van der Waals surface area contributed by atoms with Gasteiger partial charge in [0.2, 0.25) is 6.29 Å². The highest BCUT2D eigenvalue weighted by Gasteiger charge is 2.50. The lowest BCUT2D eigenvalue weighted by Gasteiger charge is -2.45. The SMILES string of the molecule is COc1ccc2oc(=O)c3c(O)c4cccc(O)c4c4oc(=O)c1c2c34.COc1ccc2oc(=O)c3c(O)c4cccc(O[C@@H]5OC(C)[C@H](O)[C@H](O)C5O[C@H]5OC(C)[C@H](O)C(C)[C@H]5O)c4c4oc(=O)c1c2c34. The van der Waals surface area contributed by atoms with Crippen molar-refractivity contribution in [1.29, 1.82) is 0 Å². The Balaban J connectivity index is 0.000000181. The molecule has 6 heterocycles. The molecule has 4 unspecified atom stereocenters. The van der Waals surface area contributed by atoms with E-state index in [0.29, 0.717) is 5.39 Å². The summed E-state index contributed by atoms with van der Waals surface area (Å²) >= 11 is 0. The van der Waals surface area contributed by atoms with Gasteiger partial charge in [0.25, 0.3) is 0 Å². The molecule has 2 aliphatic heterocycles. The van der Waals surface area contributed by atoms with E-state index in [1.165, 1.54) is 81.8 Å². The van der Waals surface area contributed by atoms with Gasteiger partial charge in [0.15, 0.2) is 23.6 Å². The van der Waals surface area contributed by atoms with Crippen molar-refractivity contribution in [2.24, 2.45) is 5.92 Å². The summed E-state index contributed by atoms with van der Waals surface area (Å²) in [6.07, 6.45) is -11.1. The summed E-state index contributed by atoms with van der Waals surface area (Å²) < 4.78 is 56.6. The topological polar surface area (TPSA) is 318 Å². The first-order valence-electron chi connectivity index (χ1n) is 22.4. The van der Waals surface area contributed by atoms with Crippen molar-refractivity contribution in [3.63, 3.8) is 0 Å². The maximum atomic E-state index is 13.4. The van der Waals surface area contributed by atoms with E-state index in [-0.39, 0.29) is 110 Å². The average Bonchev–Trinajstić information content (AvgIpc) is 3.36. The van der Waals surface area contributed by atoms with E-state index in [1.807, 2.05) is 0 Å². The number of hydrogen-bond donors (Lipinski definition) is 7. The normalized spacial score (nSPS) is 24.8. The van der Waals surface area contributed by atoms with Crippen molar-refractivity contribution in [1.82, 2.24) is 0 Å². The summed E-state index contributed by atoms with van der Waals surface area (Å²) in [5.41, 5.74) is -3.00. The van der Waals surface area contributed by atoms with Gasteiger partial charge in [0, 0.05) is 38.2 Å². The molecule has 0 radical (unpaired) electrons. The third-order valence-corrected chi connectivity index (χ3v) is 13.8. The number of phenols is 3. The highest BCUT2D eigenvalue weighted by Crippen LogP contribution is 2.48. The summed E-state index contributed by atoms with van der Waals surface area (Å²) in [5.74, 6) is -1.22. The quantitative estimate of drug-likeness (QED) is 0.0671. The zero-order chi connectivity index (χ0) is 50.9. The standard InChI is InChI=1S/C32H32O14.C19H10O7/c1-10-22(33)11(2)41-31(23(10)34)46-28-26(37)24(35)12(3)42-32(28)44-15-7-5-6-13-17(15)27-20-18-16(43-30(39)21(20)25(13)36)9-8-14(40-4)19(18)29(38)45-27;1-24-9-5-6-10-12-13(9)18(22)26-17-11-7(3-2-4-8(11)20)16(21)15(14(12)17)19(23)25-10/h5-12,22-24,26,28,31-37H,1-4H3;2-6,20-21H,1H3/t10?,11?,12?,22-,23-,24+,26+,28?,31-,32+;/m1./s1. The monoisotopic (exact) mass is 990 g/mol. The van der Waals surface area contributed by atoms with Gasteiger partial charge in [-0.1, -0.05) is 31.2 Å². The Kier molecular flexibility index (Phi) is 11.0. The third-order valence-electron chi connectivity index (χ3n) is 13.8. The Hall–Kier alpha value is -7.76. The van der Waals surface area contributed by atoms with E-state index in [9.17, 15) is 54.9 Å². The lowest BCUT2D eigenvalue weighted by Crippen LogP contribution is -2.62. The van der Waals surface area contributed by atoms with Crippen LogP contribution in [0.15, 0.2) is 97.5 Å². The van der Waals surface area contributed by atoms with Crippen molar-refractivity contribution in [2.75, 3.05) is 14.2 Å². The minimum absolute atomic E-state index is 0.00176. The minimum atomic E-state index is -1.58. The molecule has 2 fully saturated rings. The molecule has 0 bridgehead atoms. The van der Waals surface area contributed by atoms with Crippen LogP contribution in [0.1, 0.15) is 20.8 Å². The highest BCUT2D eigenvalue weighted by molar-refractivity contribution is 6.30. The smallest absolute Gasteiger partial charge is 0.348 e. The van der Waals surface area contributed by atoms with Crippen LogP contribution in [0.25, 0.3) is 87.0 Å². The molecule has 12 rings (SSSR count). The second-order valence-electron chi connectivity index (χ2n) is 17.8. The van der Waals surface area contributed by atoms with Crippen molar-refractivity contribution < 1.29 is 81.8 Å². The maximum Gasteiger partial charge on any atom is 0.348 e. The zero-order valence-electron chi connectivity index (χ0n) is 38.4. The Labute approximate surface area is 400 Å². The summed E-state index contributed by atoms with van der Waals surface area (Å²) in [5, 5.41) is 76.3. The summed E-state index contributed by atoms with van der Waals surface area (Å²) in [6, 6.07) is 14.9. The molecule has 21 nitrogen and oxygen atoms in total. The molecule has 0 saturated carbocycles. The largest absolute Gasteiger partial charge is 0.507 e. The van der Waals surface area contributed by atoms with E-state index in [4.69, 9.17) is 46.1 Å². The molecule has 0 spiro atoms. The predicted molar refractivity (Wildman–Crippen MR) is 255 cm³/mol. The number of benzene rings is 6. The van der Waals surface area contributed by atoms with Crippen molar-refractivity contribution in [3.8, 4) is 34.5 Å². The fourth-order valence-corrected chi connectivity index (χ4v) is 10.1. The number of fused-ring (bicyclic) bond motifs is 4. The van der Waals surface area contributed by atoms with Crippen molar-refractivity contribution in [3.05, 3.63) is 102 Å². The van der Waals surface area contributed by atoms with Crippen LogP contribution in [0.4, 0.5) is 0 Å². The molecule has 372 valence electrons. The van der Waals surface area contributed by atoms with E-state index in [0.717, 1.165) is 0 Å². The van der Waals surface area contributed by atoms with Gasteiger partial charge in [0.05, 0.1) is 43.3 Å². The van der Waals surface area contributed by atoms with Gasteiger partial charge in [-0.3, -0.25) is 0 Å². The van der Waals surface area contributed by atoms with Crippen LogP contribution in [0.3, 0.4) is 0 Å². The van der Waals surface area contributed by atoms with E-state index < -0.39 is 89.5 Å². The van der Waals surface area contributed by atoms with Crippen LogP contribution in [0.2, 0.25) is 0 Å². The van der Waals surface area contributed by atoms with Crippen LogP contribution in [-0.4, -0.2) is 105 Å². The molecule has 6 aromatic carbocycles. The number of aromatic hydroxyl groups is 3. The molecule has 72 heavy (non-hydrogen) atoms. The summed E-state index contributed by atoms with van der Waals surface area (Å²) in [6.45, 7) is 4.74. The van der Waals surface area contributed by atoms with Crippen LogP contribution < -0.4 is 36.7 Å². The second-order valence-corrected chi connectivity index (χ2v) is 17.8. The van der Waals surface area contributed by atoms with E-state index in [1.54, 1.807) is 13.8 Å². The number of methoxy groups -OCH3 is 2. The zero-order valence-corrected chi connectivity index (χ0v) is 38.4. The predicted octanol–water partition coefficient (Wildman–Crippen LogP) is 4.75. The van der Waals surface area contributed by atoms with Crippen LogP contribution in [0, 0.1) is 5.92 Å². The van der Waals surface area contributed by atoms with Gasteiger partial charge in [-0.05, 0) is 50.2 Å². The van der Waals surface area contributed by atoms with Crippen LogP contribution >= 0.6 is 0 Å². The molecular formula is C51H42O21. The highest BCUT2D eigenvalue weighted by atomic mass is 16.8. The maximum absolute atomic E-state index is 13.4. The molecule has 0 amide bonds. The fourth-order valence-electron chi connectivity index (χ4n) is 10.1. The van der Waals surface area contributed by atoms with Gasteiger partial charge in [-0.25, -0.2) is 19.2 Å². The molecule has 7 N–H and O–H groups in total. The number of aliphatic hydroxyl groups excluding tert-OH is 4. The van der Waals surface area contributed by atoms with Gasteiger partial charge >= 0.3 is 22.5 Å². The Morgan fingerprint density at radius 3 is 1.50 bits per heavy atom. The van der Waals surface area contributed by atoms with Crippen LogP contribution in [-0.2, 0) is 14.2 Å². The number of ether oxygens (including phenoxy) is 6. The Morgan fingerprint density at radius 2 is 0.944 bits per heavy atom. The molecule has 0 aliphatic carbocycles. The average molecular weight is 991 g/mol. The van der Waals surface area contributed by atoms with Gasteiger partial charge in [0.1, 0.15) is 85.5 Å². The molecule has 10 atom stereocenters. The first-order chi connectivity index (χ1) is 34.4. The van der Waals surface area contributed by atoms with Gasteiger partial charge < -0.3 is 81.8 Å². The van der Waals surface area contributed by atoms with Gasteiger partial charge in [-0.2, -0.15) is 0 Å². The van der Waals surface area contributed by atoms with Crippen molar-refractivity contribution >= 4 is 87.0 Å². The van der Waals surface area contributed by atoms with E-state index in [2.05, 4.69) is 0 Å². The lowest BCUT2D eigenvalue weighted by atomic mass is 9.91. The number of phenolic OH excluding ortho intramolecular Hbond substituents is 3. The summed E-state index contributed by atoms with van der Waals surface area (Å²) in [7, 11) is 2.77. The molecule has 2 saturated heterocycles.